The van der Waals surface area contributed by atoms with E-state index in [9.17, 15) is 4.79 Å². The van der Waals surface area contributed by atoms with Gasteiger partial charge in [-0.25, -0.2) is 4.98 Å². The van der Waals surface area contributed by atoms with Crippen LogP contribution in [0.2, 0.25) is 0 Å². The lowest BCUT2D eigenvalue weighted by Gasteiger charge is -2.22. The van der Waals surface area contributed by atoms with Crippen molar-refractivity contribution in [3.8, 4) is 5.88 Å². The van der Waals surface area contributed by atoms with Gasteiger partial charge in [-0.15, -0.1) is 21.5 Å². The molecular formula is C17H23N5O2S. The van der Waals surface area contributed by atoms with Gasteiger partial charge < -0.3 is 9.64 Å². The summed E-state index contributed by atoms with van der Waals surface area (Å²) in [7, 11) is 0. The van der Waals surface area contributed by atoms with Crippen LogP contribution in [0.15, 0.2) is 18.3 Å². The highest BCUT2D eigenvalue weighted by molar-refractivity contribution is 7.11. The van der Waals surface area contributed by atoms with Gasteiger partial charge in [-0.2, -0.15) is 0 Å². The number of nitrogens with zero attached hydrogens (tertiary/aromatic N) is 5. The quantitative estimate of drug-likeness (QED) is 0.811. The lowest BCUT2D eigenvalue weighted by Crippen LogP contribution is -2.35. The summed E-state index contributed by atoms with van der Waals surface area (Å²) < 4.78 is 5.50. The minimum absolute atomic E-state index is 0.00911. The molecule has 0 unspecified atom stereocenters. The molecule has 2 aromatic rings. The monoisotopic (exact) mass is 361 g/mol. The van der Waals surface area contributed by atoms with Gasteiger partial charge in [0.2, 0.25) is 5.88 Å². The molecule has 0 N–H and O–H groups in total. The Bertz CT molecular complexity index is 721. The molecule has 8 heteroatoms. The molecule has 0 aliphatic carbocycles. The van der Waals surface area contributed by atoms with Gasteiger partial charge in [-0.05, 0) is 32.4 Å². The van der Waals surface area contributed by atoms with Crippen LogP contribution in [0.4, 0.5) is 0 Å². The summed E-state index contributed by atoms with van der Waals surface area (Å²) in [6.45, 7) is 8.36. The molecule has 3 heterocycles. The van der Waals surface area contributed by atoms with Gasteiger partial charge >= 0.3 is 0 Å². The minimum Gasteiger partial charge on any atom is -0.477 e. The average molecular weight is 361 g/mol. The number of ether oxygens (including phenoxy) is 1. The maximum atomic E-state index is 12.9. The van der Waals surface area contributed by atoms with Crippen molar-refractivity contribution in [1.29, 1.82) is 0 Å². The normalized spacial score (nSPS) is 15.8. The number of aromatic nitrogens is 3. The molecule has 1 aliphatic heterocycles. The van der Waals surface area contributed by atoms with Crippen LogP contribution in [0.5, 0.6) is 5.88 Å². The molecule has 0 atom stereocenters. The summed E-state index contributed by atoms with van der Waals surface area (Å²) in [5.74, 6) is 0.408. The highest BCUT2D eigenvalue weighted by atomic mass is 32.1. The third kappa shape index (κ3) is 4.52. The zero-order valence-corrected chi connectivity index (χ0v) is 15.5. The number of rotatable bonds is 5. The van der Waals surface area contributed by atoms with E-state index >= 15 is 0 Å². The molecule has 0 radical (unpaired) electrons. The van der Waals surface area contributed by atoms with Crippen LogP contribution >= 0.6 is 11.3 Å². The molecule has 1 fully saturated rings. The molecule has 134 valence electrons. The van der Waals surface area contributed by atoms with Gasteiger partial charge in [0.1, 0.15) is 15.6 Å². The second-order valence-corrected chi connectivity index (χ2v) is 7.19. The van der Waals surface area contributed by atoms with Gasteiger partial charge in [0.05, 0.1) is 13.2 Å². The summed E-state index contributed by atoms with van der Waals surface area (Å²) in [5.41, 5.74) is 0.539. The summed E-state index contributed by atoms with van der Waals surface area (Å²) >= 11 is 1.63. The van der Waals surface area contributed by atoms with E-state index < -0.39 is 0 Å². The number of hydrogen-bond acceptors (Lipinski definition) is 7. The average Bonchev–Trinajstić information content (AvgIpc) is 2.88. The number of aryl methyl sites for hydroxylation is 1. The topological polar surface area (TPSA) is 71.5 Å². The predicted octanol–water partition coefficient (Wildman–Crippen LogP) is 1.99. The molecule has 2 aromatic heterocycles. The second-order valence-electron chi connectivity index (χ2n) is 5.93. The van der Waals surface area contributed by atoms with Gasteiger partial charge in [-0.1, -0.05) is 0 Å². The van der Waals surface area contributed by atoms with Crippen molar-refractivity contribution < 1.29 is 9.53 Å². The summed E-state index contributed by atoms with van der Waals surface area (Å²) in [6.07, 6.45) is 2.59. The number of carbonyl (C=O) groups is 1. The van der Waals surface area contributed by atoms with Gasteiger partial charge in [-0.3, -0.25) is 9.69 Å². The minimum atomic E-state index is -0.00911. The van der Waals surface area contributed by atoms with Crippen LogP contribution in [0.3, 0.4) is 0 Å². The first-order valence-corrected chi connectivity index (χ1v) is 9.37. The van der Waals surface area contributed by atoms with Crippen molar-refractivity contribution in [2.24, 2.45) is 0 Å². The van der Waals surface area contributed by atoms with Crippen molar-refractivity contribution in [3.05, 3.63) is 33.9 Å². The summed E-state index contributed by atoms with van der Waals surface area (Å²) in [6, 6.07) is 3.56. The fraction of sp³-hybridized carbons (Fsp3) is 0.529. The van der Waals surface area contributed by atoms with E-state index in [1.807, 2.05) is 18.7 Å². The highest BCUT2D eigenvalue weighted by Gasteiger charge is 2.23. The van der Waals surface area contributed by atoms with Gasteiger partial charge in [0.25, 0.3) is 5.91 Å². The summed E-state index contributed by atoms with van der Waals surface area (Å²) in [4.78, 5) is 21.3. The molecule has 7 nitrogen and oxygen atoms in total. The Morgan fingerprint density at radius 3 is 2.92 bits per heavy atom. The SMILES string of the molecule is CCOc1ncccc1C(=O)N1CCCN(Cc2nnc(C)s2)CC1. The Labute approximate surface area is 151 Å². The van der Waals surface area contributed by atoms with Crippen molar-refractivity contribution in [2.45, 2.75) is 26.8 Å². The van der Waals surface area contributed by atoms with E-state index in [4.69, 9.17) is 4.74 Å². The first kappa shape index (κ1) is 17.8. The molecule has 3 rings (SSSR count). The Hall–Kier alpha value is -2.06. The zero-order valence-electron chi connectivity index (χ0n) is 14.6. The van der Waals surface area contributed by atoms with E-state index in [1.54, 1.807) is 29.7 Å². The summed E-state index contributed by atoms with van der Waals surface area (Å²) in [5, 5.41) is 10.3. The van der Waals surface area contributed by atoms with Gasteiger partial charge in [0, 0.05) is 32.4 Å². The van der Waals surface area contributed by atoms with E-state index in [2.05, 4.69) is 20.1 Å². The van der Waals surface area contributed by atoms with Crippen LogP contribution in [0.1, 0.15) is 33.7 Å². The maximum Gasteiger partial charge on any atom is 0.259 e. The molecule has 1 amide bonds. The van der Waals surface area contributed by atoms with Gasteiger partial charge in [0.15, 0.2) is 0 Å². The lowest BCUT2D eigenvalue weighted by atomic mass is 10.2. The molecular weight excluding hydrogens is 338 g/mol. The van der Waals surface area contributed by atoms with E-state index in [0.29, 0.717) is 24.6 Å². The van der Waals surface area contributed by atoms with Crippen molar-refractivity contribution >= 4 is 17.2 Å². The maximum absolute atomic E-state index is 12.9. The third-order valence-electron chi connectivity index (χ3n) is 4.09. The Balaban J connectivity index is 1.63. The van der Waals surface area contributed by atoms with Crippen LogP contribution in [-0.4, -0.2) is 63.7 Å². The molecule has 0 bridgehead atoms. The van der Waals surface area contributed by atoms with Crippen molar-refractivity contribution in [2.75, 3.05) is 32.8 Å². The van der Waals surface area contributed by atoms with Crippen LogP contribution in [-0.2, 0) is 6.54 Å². The largest absolute Gasteiger partial charge is 0.477 e. The zero-order chi connectivity index (χ0) is 17.6. The standard InChI is InChI=1S/C17H23N5O2S/c1-3-24-16-14(6-4-7-18-16)17(23)22-9-5-8-21(10-11-22)12-15-20-19-13(2)25-15/h4,6-7H,3,5,8-12H2,1-2H3. The lowest BCUT2D eigenvalue weighted by molar-refractivity contribution is 0.0756. The van der Waals surface area contributed by atoms with E-state index in [-0.39, 0.29) is 5.91 Å². The van der Waals surface area contributed by atoms with Crippen molar-refractivity contribution in [3.63, 3.8) is 0 Å². The number of carbonyl (C=O) groups excluding carboxylic acids is 1. The number of amides is 1. The fourth-order valence-corrected chi connectivity index (χ4v) is 3.65. The first-order valence-electron chi connectivity index (χ1n) is 8.55. The molecule has 25 heavy (non-hydrogen) atoms. The van der Waals surface area contributed by atoms with Crippen LogP contribution in [0.25, 0.3) is 0 Å². The first-order chi connectivity index (χ1) is 12.2. The van der Waals surface area contributed by atoms with E-state index in [1.165, 1.54) is 0 Å². The van der Waals surface area contributed by atoms with Crippen LogP contribution < -0.4 is 4.74 Å². The smallest absolute Gasteiger partial charge is 0.259 e. The predicted molar refractivity (Wildman–Crippen MR) is 95.8 cm³/mol. The Kier molecular flexibility index (Phi) is 5.93. The Morgan fingerprint density at radius 2 is 2.16 bits per heavy atom. The second kappa shape index (κ2) is 8.35. The highest BCUT2D eigenvalue weighted by Crippen LogP contribution is 2.19. The molecule has 1 saturated heterocycles. The van der Waals surface area contributed by atoms with E-state index in [0.717, 1.165) is 42.6 Å². The van der Waals surface area contributed by atoms with Crippen LogP contribution in [0, 0.1) is 6.92 Å². The third-order valence-corrected chi connectivity index (χ3v) is 4.91. The van der Waals surface area contributed by atoms with Crippen molar-refractivity contribution in [1.82, 2.24) is 25.0 Å². The molecule has 0 saturated carbocycles. The fourth-order valence-electron chi connectivity index (χ4n) is 2.90. The molecule has 1 aliphatic rings. The number of hydrogen-bond donors (Lipinski definition) is 0. The Morgan fingerprint density at radius 1 is 1.28 bits per heavy atom. The molecule has 0 spiro atoms. The number of pyridine rings is 1. The molecule has 0 aromatic carbocycles.